The summed E-state index contributed by atoms with van der Waals surface area (Å²) in [6, 6.07) is 1.83. The Morgan fingerprint density at radius 3 is 2.67 bits per heavy atom. The van der Waals surface area contributed by atoms with Gasteiger partial charge in [-0.05, 0) is 49.8 Å². The molecule has 0 unspecified atom stereocenters. The van der Waals surface area contributed by atoms with Gasteiger partial charge in [0.1, 0.15) is 12.1 Å². The van der Waals surface area contributed by atoms with Crippen molar-refractivity contribution in [3.8, 4) is 6.01 Å². The lowest BCUT2D eigenvalue weighted by atomic mass is 9.87. The van der Waals surface area contributed by atoms with Crippen LogP contribution in [0.4, 0.5) is 19.1 Å². The van der Waals surface area contributed by atoms with E-state index < -0.39 is 30.1 Å². The van der Waals surface area contributed by atoms with Crippen molar-refractivity contribution >= 4 is 17.4 Å². The van der Waals surface area contributed by atoms with E-state index in [4.69, 9.17) is 9.47 Å². The molecule has 1 fully saturated rings. The van der Waals surface area contributed by atoms with Gasteiger partial charge in [-0.15, -0.1) is 0 Å². The molecular formula is C24H29F3N6O3. The van der Waals surface area contributed by atoms with Crippen molar-refractivity contribution in [3.63, 3.8) is 0 Å². The van der Waals surface area contributed by atoms with E-state index in [1.54, 1.807) is 13.1 Å². The number of anilines is 1. The van der Waals surface area contributed by atoms with Crippen LogP contribution >= 0.6 is 0 Å². The highest BCUT2D eigenvalue weighted by Gasteiger charge is 2.38. The molecule has 36 heavy (non-hydrogen) atoms. The number of rotatable bonds is 8. The van der Waals surface area contributed by atoms with Crippen LogP contribution < -0.4 is 15.0 Å². The molecule has 9 nitrogen and oxygen atoms in total. The maximum Gasteiger partial charge on any atom is 0.408 e. The van der Waals surface area contributed by atoms with E-state index in [1.807, 2.05) is 16.3 Å². The zero-order valence-corrected chi connectivity index (χ0v) is 20.4. The fourth-order valence-electron chi connectivity index (χ4n) is 4.39. The van der Waals surface area contributed by atoms with E-state index in [-0.39, 0.29) is 18.6 Å². The molecule has 12 heteroatoms. The summed E-state index contributed by atoms with van der Waals surface area (Å²) in [4.78, 5) is 31.4. The lowest BCUT2D eigenvalue weighted by Gasteiger charge is -2.33. The number of hydrogen-bond acceptors (Lipinski definition) is 8. The molecule has 1 saturated heterocycles. The number of aromatic nitrogens is 4. The summed E-state index contributed by atoms with van der Waals surface area (Å²) < 4.78 is 49.6. The Balaban J connectivity index is 1.51. The summed E-state index contributed by atoms with van der Waals surface area (Å²) in [5.74, 6) is -0.948. The van der Waals surface area contributed by atoms with Gasteiger partial charge >= 0.3 is 12.2 Å². The molecule has 1 N–H and O–H groups in total. The van der Waals surface area contributed by atoms with Crippen molar-refractivity contribution in [3.05, 3.63) is 41.5 Å². The number of carbonyl (C=O) groups excluding carboxylic acids is 1. The van der Waals surface area contributed by atoms with Crippen molar-refractivity contribution in [1.29, 1.82) is 0 Å². The number of allylic oxidation sites excluding steroid dienone is 2. The first-order valence-electron chi connectivity index (χ1n) is 11.8. The van der Waals surface area contributed by atoms with Crippen molar-refractivity contribution < 1.29 is 27.4 Å². The topological polar surface area (TPSA) is 102 Å². The van der Waals surface area contributed by atoms with E-state index in [1.165, 1.54) is 18.2 Å². The normalized spacial score (nSPS) is 17.8. The highest BCUT2D eigenvalue weighted by molar-refractivity contribution is 5.91. The van der Waals surface area contributed by atoms with Crippen LogP contribution in [0.15, 0.2) is 24.4 Å². The fraction of sp³-hybridized carbons (Fsp3) is 0.542. The Kier molecular flexibility index (Phi) is 7.72. The molecule has 0 saturated carbocycles. The second-order valence-corrected chi connectivity index (χ2v) is 8.98. The number of alkyl halides is 3. The van der Waals surface area contributed by atoms with Gasteiger partial charge in [0, 0.05) is 32.8 Å². The van der Waals surface area contributed by atoms with Crippen molar-refractivity contribution in [2.75, 3.05) is 31.7 Å². The van der Waals surface area contributed by atoms with E-state index in [0.29, 0.717) is 19.0 Å². The number of amides is 1. The number of pyridine rings is 1. The molecule has 0 spiro atoms. The number of nitrogens with zero attached hydrogens (tertiary/aromatic N) is 5. The third-order valence-corrected chi connectivity index (χ3v) is 6.29. The van der Waals surface area contributed by atoms with Crippen LogP contribution in [0, 0.1) is 5.92 Å². The average Bonchev–Trinajstić information content (AvgIpc) is 3.27. The van der Waals surface area contributed by atoms with Gasteiger partial charge in [0.05, 0.1) is 12.3 Å². The van der Waals surface area contributed by atoms with E-state index in [2.05, 4.69) is 32.1 Å². The Morgan fingerprint density at radius 1 is 1.22 bits per heavy atom. The Morgan fingerprint density at radius 2 is 1.97 bits per heavy atom. The highest BCUT2D eigenvalue weighted by atomic mass is 19.4. The summed E-state index contributed by atoms with van der Waals surface area (Å²) in [5.41, 5.74) is 3.58. The minimum Gasteiger partial charge on any atom is -0.458 e. The molecule has 0 bridgehead atoms. The Bertz CT molecular complexity index is 1120. The standard InChI is InChI=1S/C24H29F3N6O3/c1-14(13-35-3)36-23-31-20(21(34)29-15(2)24(25,26)27)30-22(32-23)33-11-8-16(9-12-33)17-6-7-19-18(17)5-4-10-28-19/h4-6,10,14-16H,7-9,11-13H2,1-3H3,(H,29,34)/t14-,15+/m1/s1. The van der Waals surface area contributed by atoms with E-state index in [0.717, 1.165) is 31.9 Å². The number of methoxy groups -OCH3 is 1. The molecule has 2 aromatic heterocycles. The number of nitrogens with one attached hydrogen (secondary N) is 1. The van der Waals surface area contributed by atoms with E-state index >= 15 is 0 Å². The van der Waals surface area contributed by atoms with Crippen molar-refractivity contribution in [2.45, 2.75) is 51.4 Å². The molecular weight excluding hydrogens is 477 g/mol. The molecule has 4 rings (SSSR count). The molecule has 0 aromatic carbocycles. The number of piperidine rings is 1. The minimum absolute atomic E-state index is 0.144. The largest absolute Gasteiger partial charge is 0.458 e. The Hall–Kier alpha value is -3.28. The zero-order valence-electron chi connectivity index (χ0n) is 20.4. The molecule has 194 valence electrons. The SMILES string of the molecule is COC[C@@H](C)Oc1nc(C(=O)N[C@@H](C)C(F)(F)F)nc(N2CCC(C3=CCc4ncccc43)CC2)n1. The molecule has 1 amide bonds. The van der Waals surface area contributed by atoms with Crippen LogP contribution in [0.5, 0.6) is 6.01 Å². The first-order chi connectivity index (χ1) is 17.2. The number of hydrogen-bond donors (Lipinski definition) is 1. The smallest absolute Gasteiger partial charge is 0.408 e. The summed E-state index contributed by atoms with van der Waals surface area (Å²) in [7, 11) is 1.51. The van der Waals surface area contributed by atoms with Crippen LogP contribution in [0.25, 0.3) is 5.57 Å². The van der Waals surface area contributed by atoms with Gasteiger partial charge in [0.15, 0.2) is 0 Å². The van der Waals surface area contributed by atoms with Gasteiger partial charge in [-0.3, -0.25) is 9.78 Å². The average molecular weight is 507 g/mol. The highest BCUT2D eigenvalue weighted by Crippen LogP contribution is 2.37. The number of fused-ring (bicyclic) bond motifs is 1. The molecule has 2 aromatic rings. The van der Waals surface area contributed by atoms with Gasteiger partial charge in [-0.2, -0.15) is 28.1 Å². The molecule has 1 aliphatic heterocycles. The number of ether oxygens (including phenoxy) is 2. The van der Waals surface area contributed by atoms with Crippen molar-refractivity contribution in [2.24, 2.45) is 5.92 Å². The second-order valence-electron chi connectivity index (χ2n) is 8.98. The fourth-order valence-corrected chi connectivity index (χ4v) is 4.39. The monoisotopic (exact) mass is 506 g/mol. The van der Waals surface area contributed by atoms with Gasteiger partial charge < -0.3 is 19.7 Å². The van der Waals surface area contributed by atoms with Gasteiger partial charge in [-0.25, -0.2) is 0 Å². The van der Waals surface area contributed by atoms with Crippen LogP contribution in [0.3, 0.4) is 0 Å². The van der Waals surface area contributed by atoms with E-state index in [9.17, 15) is 18.0 Å². The third kappa shape index (κ3) is 5.92. The molecule has 0 radical (unpaired) electrons. The summed E-state index contributed by atoms with van der Waals surface area (Å²) in [6.45, 7) is 4.04. The zero-order chi connectivity index (χ0) is 25.9. The first-order valence-corrected chi connectivity index (χ1v) is 11.8. The number of halogens is 3. The van der Waals surface area contributed by atoms with Crippen LogP contribution in [-0.4, -0.2) is 71.0 Å². The maximum absolute atomic E-state index is 13.0. The van der Waals surface area contributed by atoms with Gasteiger partial charge in [0.25, 0.3) is 5.91 Å². The molecule has 2 aliphatic rings. The molecule has 1 aliphatic carbocycles. The molecule has 2 atom stereocenters. The lowest BCUT2D eigenvalue weighted by Crippen LogP contribution is -2.44. The van der Waals surface area contributed by atoms with Crippen LogP contribution in [0.1, 0.15) is 48.6 Å². The predicted octanol–water partition coefficient (Wildman–Crippen LogP) is 3.22. The summed E-state index contributed by atoms with van der Waals surface area (Å²) in [6.07, 6.45) is 1.48. The lowest BCUT2D eigenvalue weighted by molar-refractivity contribution is -0.149. The maximum atomic E-state index is 13.0. The first kappa shape index (κ1) is 25.8. The van der Waals surface area contributed by atoms with Crippen LogP contribution in [0.2, 0.25) is 0 Å². The second kappa shape index (κ2) is 10.8. The molecule has 3 heterocycles. The number of carbonyl (C=O) groups is 1. The van der Waals surface area contributed by atoms with Crippen molar-refractivity contribution in [1.82, 2.24) is 25.3 Å². The van der Waals surface area contributed by atoms with Gasteiger partial charge in [0.2, 0.25) is 11.8 Å². The van der Waals surface area contributed by atoms with Gasteiger partial charge in [-0.1, -0.05) is 12.1 Å². The summed E-state index contributed by atoms with van der Waals surface area (Å²) >= 11 is 0. The minimum atomic E-state index is -4.59. The summed E-state index contributed by atoms with van der Waals surface area (Å²) in [5, 5.41) is 1.90. The van der Waals surface area contributed by atoms with Crippen LogP contribution in [-0.2, 0) is 11.2 Å². The predicted molar refractivity (Wildman–Crippen MR) is 126 cm³/mol. The quantitative estimate of drug-likeness (QED) is 0.583. The Labute approximate surface area is 207 Å². The third-order valence-electron chi connectivity index (χ3n) is 6.29.